The van der Waals surface area contributed by atoms with Gasteiger partial charge in [-0.1, -0.05) is 117 Å². The quantitative estimate of drug-likeness (QED) is 0.417. The molecule has 30 heavy (non-hydrogen) atoms. The molecule has 1 atom stereocenters. The molecule has 3 aromatic rings. The number of hydrogen-bond donors (Lipinski definition) is 0. The number of allylic oxidation sites excluding steroid dienone is 1. The molecule has 0 bridgehead atoms. The molecule has 0 N–H and O–H groups in total. The first-order valence-electron chi connectivity index (χ1n) is 10.4. The van der Waals surface area contributed by atoms with Gasteiger partial charge in [-0.25, -0.2) is 0 Å². The second-order valence-corrected chi connectivity index (χ2v) is 11.3. The molecule has 0 aliphatic rings. The number of carbonyl (C=O) groups excluding carboxylic acids is 1. The molecule has 0 aliphatic carbocycles. The average Bonchev–Trinajstić information content (AvgIpc) is 2.79. The molecule has 1 unspecified atom stereocenters. The van der Waals surface area contributed by atoms with E-state index in [1.54, 1.807) is 0 Å². The van der Waals surface area contributed by atoms with Gasteiger partial charge >= 0.3 is 0 Å². The summed E-state index contributed by atoms with van der Waals surface area (Å²) < 4.78 is 15.0. The third kappa shape index (κ3) is 4.25. The van der Waals surface area contributed by atoms with Crippen LogP contribution in [0, 0.1) is 5.92 Å². The summed E-state index contributed by atoms with van der Waals surface area (Å²) in [5, 5.41) is 0.399. The van der Waals surface area contributed by atoms with E-state index in [-0.39, 0.29) is 11.7 Å². The van der Waals surface area contributed by atoms with Crippen LogP contribution in [-0.4, -0.2) is 10.9 Å². The molecular formula is C27H29O2P. The molecule has 3 rings (SSSR count). The highest BCUT2D eigenvalue weighted by molar-refractivity contribution is 7.80. The van der Waals surface area contributed by atoms with Gasteiger partial charge < -0.3 is 4.57 Å². The van der Waals surface area contributed by atoms with Gasteiger partial charge in [0, 0.05) is 16.5 Å². The van der Waals surface area contributed by atoms with E-state index in [1.807, 2.05) is 124 Å². The molecule has 3 aromatic carbocycles. The molecule has 0 amide bonds. The number of benzene rings is 3. The predicted octanol–water partition coefficient (Wildman–Crippen LogP) is 6.09. The fourth-order valence-corrected chi connectivity index (χ4v) is 7.54. The first kappa shape index (κ1) is 22.0. The van der Waals surface area contributed by atoms with Crippen LogP contribution in [0.4, 0.5) is 0 Å². The molecule has 0 saturated carbocycles. The van der Waals surface area contributed by atoms with E-state index < -0.39 is 12.3 Å². The SMILES string of the molecule is CC(C)C(=O)C(C)(CC=Cc1ccccc1)P(=O)(c1ccccc1)c1ccccc1. The highest BCUT2D eigenvalue weighted by atomic mass is 31.2. The van der Waals surface area contributed by atoms with Crippen LogP contribution in [0.2, 0.25) is 0 Å². The number of carbonyl (C=O) groups is 1. The van der Waals surface area contributed by atoms with Crippen molar-refractivity contribution in [2.45, 2.75) is 32.3 Å². The van der Waals surface area contributed by atoms with E-state index in [2.05, 4.69) is 0 Å². The van der Waals surface area contributed by atoms with Crippen molar-refractivity contribution in [1.29, 1.82) is 0 Å². The van der Waals surface area contributed by atoms with Crippen molar-refractivity contribution in [3.8, 4) is 0 Å². The Morgan fingerprint density at radius 3 is 1.70 bits per heavy atom. The van der Waals surface area contributed by atoms with Gasteiger partial charge in [0.15, 0.2) is 7.14 Å². The van der Waals surface area contributed by atoms with Crippen molar-refractivity contribution < 1.29 is 9.36 Å². The van der Waals surface area contributed by atoms with E-state index >= 15 is 0 Å². The molecule has 0 radical (unpaired) electrons. The normalized spacial score (nSPS) is 14.0. The third-order valence-corrected chi connectivity index (χ3v) is 9.46. The van der Waals surface area contributed by atoms with Crippen molar-refractivity contribution in [3.63, 3.8) is 0 Å². The maximum Gasteiger partial charge on any atom is 0.156 e. The zero-order valence-corrected chi connectivity index (χ0v) is 18.8. The van der Waals surface area contributed by atoms with E-state index in [4.69, 9.17) is 0 Å². The van der Waals surface area contributed by atoms with Crippen LogP contribution in [0.5, 0.6) is 0 Å². The van der Waals surface area contributed by atoms with Gasteiger partial charge in [0.1, 0.15) is 5.78 Å². The van der Waals surface area contributed by atoms with Crippen LogP contribution < -0.4 is 10.6 Å². The Morgan fingerprint density at radius 2 is 1.27 bits per heavy atom. The van der Waals surface area contributed by atoms with Crippen LogP contribution in [0.3, 0.4) is 0 Å². The number of rotatable bonds is 8. The lowest BCUT2D eigenvalue weighted by atomic mass is 9.92. The lowest BCUT2D eigenvalue weighted by Crippen LogP contribution is -2.44. The minimum atomic E-state index is -3.28. The maximum absolute atomic E-state index is 15.0. The van der Waals surface area contributed by atoms with Gasteiger partial charge in [-0.2, -0.15) is 0 Å². The maximum atomic E-state index is 15.0. The summed E-state index contributed by atoms with van der Waals surface area (Å²) in [5.74, 6) is -0.197. The molecule has 0 spiro atoms. The van der Waals surface area contributed by atoms with Gasteiger partial charge in [0.05, 0.1) is 5.16 Å². The largest absolute Gasteiger partial charge is 0.313 e. The van der Waals surface area contributed by atoms with Crippen LogP contribution in [0.1, 0.15) is 32.8 Å². The van der Waals surface area contributed by atoms with Crippen molar-refractivity contribution in [2.75, 3.05) is 0 Å². The highest BCUT2D eigenvalue weighted by Gasteiger charge is 2.51. The average molecular weight is 417 g/mol. The van der Waals surface area contributed by atoms with Gasteiger partial charge in [-0.15, -0.1) is 0 Å². The van der Waals surface area contributed by atoms with Gasteiger partial charge in [-0.3, -0.25) is 4.79 Å². The van der Waals surface area contributed by atoms with Crippen LogP contribution >= 0.6 is 7.14 Å². The minimum Gasteiger partial charge on any atom is -0.313 e. The predicted molar refractivity (Wildman–Crippen MR) is 128 cm³/mol. The van der Waals surface area contributed by atoms with E-state index in [9.17, 15) is 9.36 Å². The summed E-state index contributed by atoms with van der Waals surface area (Å²) in [7, 11) is -3.28. The van der Waals surface area contributed by atoms with E-state index in [0.29, 0.717) is 6.42 Å². The molecule has 3 heteroatoms. The highest BCUT2D eigenvalue weighted by Crippen LogP contribution is 2.59. The zero-order valence-electron chi connectivity index (χ0n) is 17.9. The topological polar surface area (TPSA) is 34.1 Å². The summed E-state index contributed by atoms with van der Waals surface area (Å²) in [6.07, 6.45) is 4.40. The number of ketones is 1. The molecule has 0 saturated heterocycles. The monoisotopic (exact) mass is 416 g/mol. The van der Waals surface area contributed by atoms with Crippen molar-refractivity contribution in [1.82, 2.24) is 0 Å². The second-order valence-electron chi connectivity index (χ2n) is 8.09. The third-order valence-electron chi connectivity index (χ3n) is 5.62. The Hall–Kier alpha value is -2.70. The molecule has 0 aliphatic heterocycles. The summed E-state index contributed by atoms with van der Waals surface area (Å²) in [6, 6.07) is 28.9. The molecule has 2 nitrogen and oxygen atoms in total. The molecule has 0 fully saturated rings. The van der Waals surface area contributed by atoms with E-state index in [1.165, 1.54) is 0 Å². The standard InChI is InChI=1S/C27H29O2P/c1-22(2)26(28)27(3,21-13-16-23-14-7-4-8-15-23)30(29,24-17-9-5-10-18-24)25-19-11-6-12-20-25/h4-20,22H,21H2,1-3H3. The molecule has 0 aromatic heterocycles. The summed E-state index contributed by atoms with van der Waals surface area (Å²) in [6.45, 7) is 5.66. The Labute approximate surface area is 180 Å². The minimum absolute atomic E-state index is 0.0243. The second kappa shape index (κ2) is 9.41. The zero-order chi connectivity index (χ0) is 21.6. The van der Waals surface area contributed by atoms with Gasteiger partial charge in [-0.05, 0) is 18.9 Å². The Bertz CT molecular complexity index is 996. The molecule has 0 heterocycles. The summed E-state index contributed by atoms with van der Waals surface area (Å²) in [5.41, 5.74) is 1.06. The first-order valence-corrected chi connectivity index (χ1v) is 12.1. The Balaban J connectivity index is 2.16. The summed E-state index contributed by atoms with van der Waals surface area (Å²) >= 11 is 0. The van der Waals surface area contributed by atoms with Crippen molar-refractivity contribution in [3.05, 3.63) is 103 Å². The van der Waals surface area contributed by atoms with Crippen molar-refractivity contribution >= 4 is 29.6 Å². The first-order chi connectivity index (χ1) is 14.4. The van der Waals surface area contributed by atoms with Crippen LogP contribution in [0.25, 0.3) is 6.08 Å². The fraction of sp³-hybridized carbons (Fsp3) is 0.222. The lowest BCUT2D eigenvalue weighted by Gasteiger charge is -2.38. The Morgan fingerprint density at radius 1 is 0.833 bits per heavy atom. The lowest BCUT2D eigenvalue weighted by molar-refractivity contribution is -0.124. The van der Waals surface area contributed by atoms with Gasteiger partial charge in [0.2, 0.25) is 0 Å². The van der Waals surface area contributed by atoms with Crippen LogP contribution in [-0.2, 0) is 9.36 Å². The smallest absolute Gasteiger partial charge is 0.156 e. The molecule has 154 valence electrons. The van der Waals surface area contributed by atoms with Crippen LogP contribution in [0.15, 0.2) is 97.1 Å². The van der Waals surface area contributed by atoms with Crippen molar-refractivity contribution in [2.24, 2.45) is 5.92 Å². The molecular weight excluding hydrogens is 387 g/mol. The van der Waals surface area contributed by atoms with Gasteiger partial charge in [0.25, 0.3) is 0 Å². The van der Waals surface area contributed by atoms with E-state index in [0.717, 1.165) is 16.2 Å². The fourth-order valence-electron chi connectivity index (χ4n) is 3.99. The Kier molecular flexibility index (Phi) is 6.90. The number of Topliss-reactive ketones (excluding diaryl/α,β-unsaturated/α-hetero) is 1. The summed E-state index contributed by atoms with van der Waals surface area (Å²) in [4.78, 5) is 13.6. The number of hydrogen-bond acceptors (Lipinski definition) is 2.